The highest BCUT2D eigenvalue weighted by Crippen LogP contribution is 2.25. The number of sulfonamides is 1. The standard InChI is InChI=1S/C18H21ClN2O4S/c1-12-10-17(13(2)9-16(12)19)26(23,24)21-15-6-4-5-14(11-15)18(22)20-7-8-25-3/h4-6,9-11,21H,7-8H2,1-3H3,(H,20,22). The van der Waals surface area contributed by atoms with Crippen molar-refractivity contribution in [2.45, 2.75) is 18.7 Å². The summed E-state index contributed by atoms with van der Waals surface area (Å²) in [6.07, 6.45) is 0. The second kappa shape index (κ2) is 8.53. The van der Waals surface area contributed by atoms with Crippen LogP contribution >= 0.6 is 11.6 Å². The molecule has 0 aliphatic heterocycles. The van der Waals surface area contributed by atoms with E-state index in [1.54, 1.807) is 45.2 Å². The van der Waals surface area contributed by atoms with Crippen LogP contribution in [0.2, 0.25) is 5.02 Å². The topological polar surface area (TPSA) is 84.5 Å². The molecule has 2 N–H and O–H groups in total. The highest BCUT2D eigenvalue weighted by Gasteiger charge is 2.19. The van der Waals surface area contributed by atoms with Gasteiger partial charge in [-0.1, -0.05) is 17.7 Å². The van der Waals surface area contributed by atoms with Crippen LogP contribution in [-0.4, -0.2) is 34.6 Å². The van der Waals surface area contributed by atoms with Gasteiger partial charge in [0.25, 0.3) is 15.9 Å². The molecule has 0 bridgehead atoms. The molecule has 1 amide bonds. The number of aryl methyl sites for hydroxylation is 2. The Kier molecular flexibility index (Phi) is 6.63. The molecule has 140 valence electrons. The van der Waals surface area contributed by atoms with Crippen molar-refractivity contribution in [3.8, 4) is 0 Å². The van der Waals surface area contributed by atoms with Crippen LogP contribution in [0.1, 0.15) is 21.5 Å². The number of hydrogen-bond donors (Lipinski definition) is 2. The first kappa shape index (κ1) is 20.2. The molecule has 0 fully saturated rings. The summed E-state index contributed by atoms with van der Waals surface area (Å²) >= 11 is 6.04. The van der Waals surface area contributed by atoms with Crippen LogP contribution in [0.5, 0.6) is 0 Å². The van der Waals surface area contributed by atoms with E-state index in [4.69, 9.17) is 16.3 Å². The Morgan fingerprint density at radius 1 is 1.15 bits per heavy atom. The highest BCUT2D eigenvalue weighted by atomic mass is 35.5. The molecule has 26 heavy (non-hydrogen) atoms. The molecule has 2 rings (SSSR count). The number of carbonyl (C=O) groups is 1. The summed E-state index contributed by atoms with van der Waals surface area (Å²) in [6, 6.07) is 9.44. The van der Waals surface area contributed by atoms with Crippen molar-refractivity contribution >= 4 is 33.2 Å². The third-order valence-corrected chi connectivity index (χ3v) is 5.64. The average Bonchev–Trinajstić information content (AvgIpc) is 2.58. The predicted molar refractivity (Wildman–Crippen MR) is 102 cm³/mol. The molecular formula is C18H21ClN2O4S. The van der Waals surface area contributed by atoms with Crippen molar-refractivity contribution in [1.82, 2.24) is 5.32 Å². The monoisotopic (exact) mass is 396 g/mol. The van der Waals surface area contributed by atoms with Crippen molar-refractivity contribution in [3.63, 3.8) is 0 Å². The average molecular weight is 397 g/mol. The first-order chi connectivity index (χ1) is 12.2. The van der Waals surface area contributed by atoms with Gasteiger partial charge in [0.1, 0.15) is 0 Å². The Bertz CT molecular complexity index is 913. The number of anilines is 1. The molecule has 0 aromatic heterocycles. The fraction of sp³-hybridized carbons (Fsp3) is 0.278. The third-order valence-electron chi connectivity index (χ3n) is 3.71. The van der Waals surface area contributed by atoms with Crippen molar-refractivity contribution < 1.29 is 17.9 Å². The number of rotatable bonds is 7. The molecule has 2 aromatic carbocycles. The van der Waals surface area contributed by atoms with Gasteiger partial charge in [-0.3, -0.25) is 9.52 Å². The van der Waals surface area contributed by atoms with Crippen LogP contribution in [0.4, 0.5) is 5.69 Å². The van der Waals surface area contributed by atoms with Crippen molar-refractivity contribution in [2.24, 2.45) is 0 Å². The summed E-state index contributed by atoms with van der Waals surface area (Å²) in [4.78, 5) is 12.2. The maximum atomic E-state index is 12.7. The minimum absolute atomic E-state index is 0.148. The molecule has 6 nitrogen and oxygen atoms in total. The number of methoxy groups -OCH3 is 1. The zero-order valence-electron chi connectivity index (χ0n) is 14.8. The molecule has 2 aromatic rings. The van der Waals surface area contributed by atoms with E-state index in [0.717, 1.165) is 0 Å². The largest absolute Gasteiger partial charge is 0.383 e. The van der Waals surface area contributed by atoms with E-state index in [9.17, 15) is 13.2 Å². The summed E-state index contributed by atoms with van der Waals surface area (Å²) in [5.74, 6) is -0.304. The zero-order chi connectivity index (χ0) is 19.3. The van der Waals surface area contributed by atoms with Gasteiger partial charge in [0.05, 0.1) is 11.5 Å². The molecule has 0 saturated carbocycles. The molecule has 0 aliphatic carbocycles. The van der Waals surface area contributed by atoms with Crippen LogP contribution in [0.25, 0.3) is 0 Å². The molecule has 0 saturated heterocycles. The number of hydrogen-bond acceptors (Lipinski definition) is 4. The van der Waals surface area contributed by atoms with E-state index in [2.05, 4.69) is 10.0 Å². The quantitative estimate of drug-likeness (QED) is 0.704. The minimum atomic E-state index is -3.81. The van der Waals surface area contributed by atoms with Gasteiger partial charge >= 0.3 is 0 Å². The van der Waals surface area contributed by atoms with E-state index in [1.807, 2.05) is 0 Å². The Balaban J connectivity index is 2.24. The van der Waals surface area contributed by atoms with Gasteiger partial charge < -0.3 is 10.1 Å². The second-order valence-corrected chi connectivity index (χ2v) is 7.86. The van der Waals surface area contributed by atoms with Gasteiger partial charge in [-0.05, 0) is 55.3 Å². The van der Waals surface area contributed by atoms with E-state index in [0.29, 0.717) is 40.6 Å². The highest BCUT2D eigenvalue weighted by molar-refractivity contribution is 7.92. The number of carbonyl (C=O) groups excluding carboxylic acids is 1. The fourth-order valence-corrected chi connectivity index (χ4v) is 3.93. The molecule has 0 aliphatic rings. The van der Waals surface area contributed by atoms with Crippen LogP contribution < -0.4 is 10.0 Å². The van der Waals surface area contributed by atoms with Crippen molar-refractivity contribution in [1.29, 1.82) is 0 Å². The van der Waals surface area contributed by atoms with E-state index >= 15 is 0 Å². The molecule has 0 radical (unpaired) electrons. The first-order valence-electron chi connectivity index (χ1n) is 7.91. The van der Waals surface area contributed by atoms with Gasteiger partial charge in [0, 0.05) is 29.9 Å². The van der Waals surface area contributed by atoms with Gasteiger partial charge in [-0.25, -0.2) is 8.42 Å². The van der Waals surface area contributed by atoms with Gasteiger partial charge in [-0.15, -0.1) is 0 Å². The zero-order valence-corrected chi connectivity index (χ0v) is 16.4. The fourth-order valence-electron chi connectivity index (χ4n) is 2.35. The first-order valence-corrected chi connectivity index (χ1v) is 9.77. The lowest BCUT2D eigenvalue weighted by atomic mass is 10.2. The maximum absolute atomic E-state index is 12.7. The number of nitrogens with one attached hydrogen (secondary N) is 2. The molecule has 0 unspecified atom stereocenters. The lowest BCUT2D eigenvalue weighted by molar-refractivity contribution is 0.0937. The SMILES string of the molecule is COCCNC(=O)c1cccc(NS(=O)(=O)c2cc(C)c(Cl)cc2C)c1. The summed E-state index contributed by atoms with van der Waals surface area (Å²) in [6.45, 7) is 4.19. The van der Waals surface area contributed by atoms with Gasteiger partial charge in [-0.2, -0.15) is 0 Å². The Labute approximate surface area is 158 Å². The maximum Gasteiger partial charge on any atom is 0.262 e. The smallest absolute Gasteiger partial charge is 0.262 e. The van der Waals surface area contributed by atoms with Crippen LogP contribution in [0.15, 0.2) is 41.3 Å². The number of ether oxygens (including phenoxy) is 1. The second-order valence-electron chi connectivity index (χ2n) is 5.80. The van der Waals surface area contributed by atoms with Crippen LogP contribution in [0, 0.1) is 13.8 Å². The summed E-state index contributed by atoms with van der Waals surface area (Å²) in [7, 11) is -2.26. The molecule has 0 atom stereocenters. The summed E-state index contributed by atoms with van der Waals surface area (Å²) < 4.78 is 32.8. The van der Waals surface area contributed by atoms with Crippen LogP contribution in [-0.2, 0) is 14.8 Å². The Hall–Kier alpha value is -2.09. The molecule has 0 heterocycles. The Morgan fingerprint density at radius 2 is 1.88 bits per heavy atom. The number of amides is 1. The van der Waals surface area contributed by atoms with E-state index in [-0.39, 0.29) is 10.8 Å². The lowest BCUT2D eigenvalue weighted by Crippen LogP contribution is -2.27. The number of halogens is 1. The summed E-state index contributed by atoms with van der Waals surface area (Å²) in [5, 5.41) is 3.20. The normalized spacial score (nSPS) is 11.2. The predicted octanol–water partition coefficient (Wildman–Crippen LogP) is 3.13. The van der Waals surface area contributed by atoms with Crippen molar-refractivity contribution in [3.05, 3.63) is 58.1 Å². The summed E-state index contributed by atoms with van der Waals surface area (Å²) in [5.41, 5.74) is 1.87. The van der Waals surface area contributed by atoms with E-state index in [1.165, 1.54) is 12.1 Å². The minimum Gasteiger partial charge on any atom is -0.383 e. The molecule has 8 heteroatoms. The lowest BCUT2D eigenvalue weighted by Gasteiger charge is -2.13. The Morgan fingerprint density at radius 3 is 2.58 bits per heavy atom. The third kappa shape index (κ3) is 4.97. The van der Waals surface area contributed by atoms with Crippen LogP contribution in [0.3, 0.4) is 0 Å². The van der Waals surface area contributed by atoms with Crippen molar-refractivity contribution in [2.75, 3.05) is 25.0 Å². The van der Waals surface area contributed by atoms with Gasteiger partial charge in [0.15, 0.2) is 0 Å². The molecule has 0 spiro atoms. The van der Waals surface area contributed by atoms with E-state index < -0.39 is 10.0 Å². The van der Waals surface area contributed by atoms with Gasteiger partial charge in [0.2, 0.25) is 0 Å². The molecular weight excluding hydrogens is 376 g/mol. The number of benzene rings is 2.